The normalized spacial score (nSPS) is 22.4. The van der Waals surface area contributed by atoms with E-state index in [9.17, 15) is 0 Å². The summed E-state index contributed by atoms with van der Waals surface area (Å²) in [5.74, 6) is 1.95. The monoisotopic (exact) mass is 190 g/mol. The summed E-state index contributed by atoms with van der Waals surface area (Å²) < 4.78 is 0. The summed E-state index contributed by atoms with van der Waals surface area (Å²) in [4.78, 5) is 6.86. The molecule has 0 spiro atoms. The third-order valence-electron chi connectivity index (χ3n) is 2.88. The quantitative estimate of drug-likeness (QED) is 0.676. The fourth-order valence-electron chi connectivity index (χ4n) is 2.04. The van der Waals surface area contributed by atoms with E-state index < -0.39 is 0 Å². The fourth-order valence-corrected chi connectivity index (χ4v) is 2.04. The van der Waals surface area contributed by atoms with Gasteiger partial charge in [-0.3, -0.25) is 0 Å². The number of aryl methyl sites for hydroxylation is 1. The van der Waals surface area contributed by atoms with Crippen LogP contribution in [0.3, 0.4) is 0 Å². The molecule has 0 bridgehead atoms. The molecule has 1 aromatic rings. The molecule has 2 nitrogen and oxygen atoms in total. The van der Waals surface area contributed by atoms with Crippen LogP contribution in [0.15, 0.2) is 18.3 Å². The molecule has 0 radical (unpaired) electrons. The second-order valence-electron chi connectivity index (χ2n) is 4.39. The van der Waals surface area contributed by atoms with Gasteiger partial charge in [-0.2, -0.15) is 0 Å². The largest absolute Gasteiger partial charge is 0.356 e. The first-order chi connectivity index (χ1) is 6.75. The average Bonchev–Trinajstić information content (AvgIpc) is 2.19. The third-order valence-corrected chi connectivity index (χ3v) is 2.88. The Morgan fingerprint density at radius 2 is 2.29 bits per heavy atom. The number of aromatic nitrogens is 1. The van der Waals surface area contributed by atoms with Crippen molar-refractivity contribution in [3.8, 4) is 0 Å². The Morgan fingerprint density at radius 3 is 2.93 bits per heavy atom. The Hall–Kier alpha value is -1.05. The number of anilines is 1. The molecule has 1 atom stereocenters. The molecular formula is C12H18N2. The first kappa shape index (κ1) is 9.50. The molecule has 0 amide bonds. The van der Waals surface area contributed by atoms with Gasteiger partial charge in [-0.1, -0.05) is 13.0 Å². The van der Waals surface area contributed by atoms with Crippen molar-refractivity contribution >= 4 is 5.82 Å². The minimum absolute atomic E-state index is 0.812. The van der Waals surface area contributed by atoms with E-state index in [4.69, 9.17) is 0 Å². The summed E-state index contributed by atoms with van der Waals surface area (Å²) >= 11 is 0. The van der Waals surface area contributed by atoms with Gasteiger partial charge in [-0.25, -0.2) is 4.98 Å². The first-order valence-corrected chi connectivity index (χ1v) is 5.43. The SMILES string of the molecule is Cc1ccc(N2CCCC(C)C2)nc1. The van der Waals surface area contributed by atoms with Gasteiger partial charge in [0, 0.05) is 19.3 Å². The van der Waals surface area contributed by atoms with Crippen molar-refractivity contribution in [3.63, 3.8) is 0 Å². The van der Waals surface area contributed by atoms with Crippen LogP contribution in [0, 0.1) is 12.8 Å². The van der Waals surface area contributed by atoms with Gasteiger partial charge in [0.25, 0.3) is 0 Å². The van der Waals surface area contributed by atoms with Crippen molar-refractivity contribution < 1.29 is 0 Å². The first-order valence-electron chi connectivity index (χ1n) is 5.43. The minimum Gasteiger partial charge on any atom is -0.356 e. The fraction of sp³-hybridized carbons (Fsp3) is 0.583. The highest BCUT2D eigenvalue weighted by Crippen LogP contribution is 2.20. The predicted molar refractivity (Wildman–Crippen MR) is 59.6 cm³/mol. The van der Waals surface area contributed by atoms with E-state index in [0.29, 0.717) is 0 Å². The van der Waals surface area contributed by atoms with E-state index >= 15 is 0 Å². The molecule has 76 valence electrons. The Balaban J connectivity index is 2.10. The highest BCUT2D eigenvalue weighted by atomic mass is 15.2. The molecule has 1 unspecified atom stereocenters. The number of hydrogen-bond acceptors (Lipinski definition) is 2. The zero-order valence-electron chi connectivity index (χ0n) is 9.03. The molecule has 1 aliphatic rings. The van der Waals surface area contributed by atoms with Crippen LogP contribution in [0.2, 0.25) is 0 Å². The lowest BCUT2D eigenvalue weighted by molar-refractivity contribution is 0.444. The summed E-state index contributed by atoms with van der Waals surface area (Å²) in [6, 6.07) is 4.27. The van der Waals surface area contributed by atoms with Gasteiger partial charge in [0.2, 0.25) is 0 Å². The standard InChI is InChI=1S/C12H18N2/c1-10-5-6-12(13-8-10)14-7-3-4-11(2)9-14/h5-6,8,11H,3-4,7,9H2,1-2H3. The molecule has 1 aliphatic heterocycles. The van der Waals surface area contributed by atoms with Crippen LogP contribution in [-0.4, -0.2) is 18.1 Å². The lowest BCUT2D eigenvalue weighted by Crippen LogP contribution is -2.34. The van der Waals surface area contributed by atoms with Crippen LogP contribution >= 0.6 is 0 Å². The molecule has 0 saturated carbocycles. The molecule has 2 heterocycles. The number of piperidine rings is 1. The summed E-state index contributed by atoms with van der Waals surface area (Å²) in [5.41, 5.74) is 1.24. The molecule has 2 heteroatoms. The van der Waals surface area contributed by atoms with Crippen molar-refractivity contribution in [1.82, 2.24) is 4.98 Å². The van der Waals surface area contributed by atoms with Crippen molar-refractivity contribution in [2.24, 2.45) is 5.92 Å². The molecule has 14 heavy (non-hydrogen) atoms. The van der Waals surface area contributed by atoms with Gasteiger partial charge in [-0.15, -0.1) is 0 Å². The van der Waals surface area contributed by atoms with Gasteiger partial charge < -0.3 is 4.90 Å². The van der Waals surface area contributed by atoms with Crippen LogP contribution in [0.4, 0.5) is 5.82 Å². The Kier molecular flexibility index (Phi) is 2.71. The summed E-state index contributed by atoms with van der Waals surface area (Å²) in [5, 5.41) is 0. The number of rotatable bonds is 1. The highest BCUT2D eigenvalue weighted by Gasteiger charge is 2.16. The molecule has 1 aromatic heterocycles. The van der Waals surface area contributed by atoms with Crippen molar-refractivity contribution in [1.29, 1.82) is 0 Å². The van der Waals surface area contributed by atoms with E-state index in [2.05, 4.69) is 35.9 Å². The van der Waals surface area contributed by atoms with Crippen molar-refractivity contribution in [2.75, 3.05) is 18.0 Å². The van der Waals surface area contributed by atoms with E-state index in [0.717, 1.165) is 18.3 Å². The predicted octanol–water partition coefficient (Wildman–Crippen LogP) is 2.63. The van der Waals surface area contributed by atoms with Gasteiger partial charge in [-0.05, 0) is 37.3 Å². The minimum atomic E-state index is 0.812. The maximum Gasteiger partial charge on any atom is 0.128 e. The van der Waals surface area contributed by atoms with Crippen LogP contribution in [0.1, 0.15) is 25.3 Å². The summed E-state index contributed by atoms with van der Waals surface area (Å²) in [6.45, 7) is 6.73. The van der Waals surface area contributed by atoms with E-state index in [1.54, 1.807) is 0 Å². The number of nitrogens with zero attached hydrogens (tertiary/aromatic N) is 2. The Morgan fingerprint density at radius 1 is 1.43 bits per heavy atom. The molecule has 0 aromatic carbocycles. The molecule has 1 fully saturated rings. The lowest BCUT2D eigenvalue weighted by atomic mass is 10.0. The molecule has 0 N–H and O–H groups in total. The number of hydrogen-bond donors (Lipinski definition) is 0. The zero-order chi connectivity index (χ0) is 9.97. The molecule has 1 saturated heterocycles. The Bertz CT molecular complexity index is 292. The smallest absolute Gasteiger partial charge is 0.128 e. The third kappa shape index (κ3) is 2.06. The van der Waals surface area contributed by atoms with Crippen LogP contribution in [0.5, 0.6) is 0 Å². The number of pyridine rings is 1. The maximum atomic E-state index is 4.46. The average molecular weight is 190 g/mol. The molecule has 2 rings (SSSR count). The second-order valence-corrected chi connectivity index (χ2v) is 4.39. The summed E-state index contributed by atoms with van der Waals surface area (Å²) in [6.07, 6.45) is 4.62. The van der Waals surface area contributed by atoms with E-state index in [-0.39, 0.29) is 0 Å². The van der Waals surface area contributed by atoms with Crippen molar-refractivity contribution in [3.05, 3.63) is 23.9 Å². The maximum absolute atomic E-state index is 4.46. The molecular weight excluding hydrogens is 172 g/mol. The van der Waals surface area contributed by atoms with E-state index in [1.807, 2.05) is 6.20 Å². The Labute approximate surface area is 86.0 Å². The summed E-state index contributed by atoms with van der Waals surface area (Å²) in [7, 11) is 0. The van der Waals surface area contributed by atoms with Crippen molar-refractivity contribution in [2.45, 2.75) is 26.7 Å². The second kappa shape index (κ2) is 3.99. The van der Waals surface area contributed by atoms with E-state index in [1.165, 1.54) is 24.9 Å². The molecule has 0 aliphatic carbocycles. The topological polar surface area (TPSA) is 16.1 Å². The highest BCUT2D eigenvalue weighted by molar-refractivity contribution is 5.39. The zero-order valence-corrected chi connectivity index (χ0v) is 9.03. The lowest BCUT2D eigenvalue weighted by Gasteiger charge is -2.31. The van der Waals surface area contributed by atoms with Crippen LogP contribution < -0.4 is 4.90 Å². The van der Waals surface area contributed by atoms with Gasteiger partial charge >= 0.3 is 0 Å². The van der Waals surface area contributed by atoms with Crippen LogP contribution in [0.25, 0.3) is 0 Å². The van der Waals surface area contributed by atoms with Gasteiger partial charge in [0.15, 0.2) is 0 Å². The van der Waals surface area contributed by atoms with Gasteiger partial charge in [0.05, 0.1) is 0 Å². The van der Waals surface area contributed by atoms with Crippen LogP contribution in [-0.2, 0) is 0 Å². The van der Waals surface area contributed by atoms with Gasteiger partial charge in [0.1, 0.15) is 5.82 Å².